The molecule has 3 nitrogen and oxygen atoms in total. The van der Waals surface area contributed by atoms with Crippen LogP contribution in [0.25, 0.3) is 6.08 Å². The molecule has 1 aromatic rings. The molecule has 0 radical (unpaired) electrons. The predicted octanol–water partition coefficient (Wildman–Crippen LogP) is 1.57. The summed E-state index contributed by atoms with van der Waals surface area (Å²) in [6, 6.07) is 6.10. The molecule has 0 saturated carbocycles. The summed E-state index contributed by atoms with van der Waals surface area (Å²) in [7, 11) is -4.12. The first-order chi connectivity index (χ1) is 5.55. The Bertz CT molecular complexity index is 398. The molecule has 1 aromatic carbocycles. The van der Waals surface area contributed by atoms with Gasteiger partial charge in [0.25, 0.3) is 10.1 Å². The largest absolute Gasteiger partial charge is 0.295 e. The van der Waals surface area contributed by atoms with Crippen molar-refractivity contribution >= 4 is 16.2 Å². The van der Waals surface area contributed by atoms with Crippen LogP contribution in [0.3, 0.4) is 0 Å². The van der Waals surface area contributed by atoms with E-state index in [9.17, 15) is 8.42 Å². The van der Waals surface area contributed by atoms with Crippen LogP contribution in [0.2, 0.25) is 0 Å². The van der Waals surface area contributed by atoms with E-state index in [1.807, 2.05) is 0 Å². The standard InChI is InChI=1S/C8H8O3S.Zn/c1-2-7-5-3-4-6-8(7)12(9,10)11;/h2-6H,1H2,(H,9,10,11);. The van der Waals surface area contributed by atoms with E-state index in [1.165, 1.54) is 18.2 Å². The Kier molecular flexibility index (Phi) is 4.47. The fourth-order valence-electron chi connectivity index (χ4n) is 0.884. The molecule has 0 aliphatic rings. The molecule has 0 amide bonds. The van der Waals surface area contributed by atoms with Gasteiger partial charge in [-0.25, -0.2) is 0 Å². The first-order valence-electron chi connectivity index (χ1n) is 3.24. The third-order valence-corrected chi connectivity index (χ3v) is 2.34. The van der Waals surface area contributed by atoms with Gasteiger partial charge < -0.3 is 0 Å². The minimum absolute atomic E-state index is 0. The topological polar surface area (TPSA) is 54.4 Å². The molecule has 5 heteroatoms. The maximum atomic E-state index is 10.7. The van der Waals surface area contributed by atoms with E-state index in [0.29, 0.717) is 5.56 Å². The second-order valence-corrected chi connectivity index (χ2v) is 3.61. The fourth-order valence-corrected chi connectivity index (χ4v) is 1.58. The summed E-state index contributed by atoms with van der Waals surface area (Å²) in [5, 5.41) is 0. The first-order valence-corrected chi connectivity index (χ1v) is 4.68. The maximum absolute atomic E-state index is 10.7. The Labute approximate surface area is 90.0 Å². The van der Waals surface area contributed by atoms with E-state index in [1.54, 1.807) is 12.1 Å². The Morgan fingerprint density at radius 3 is 2.23 bits per heavy atom. The summed E-state index contributed by atoms with van der Waals surface area (Å²) < 4.78 is 30.2. The zero-order valence-corrected chi connectivity index (χ0v) is 10.8. The Morgan fingerprint density at radius 2 is 1.85 bits per heavy atom. The van der Waals surface area contributed by atoms with Crippen LogP contribution in [0, 0.1) is 0 Å². The van der Waals surface area contributed by atoms with Gasteiger partial charge in [0.2, 0.25) is 0 Å². The van der Waals surface area contributed by atoms with Crippen molar-refractivity contribution in [2.75, 3.05) is 0 Å². The maximum Gasteiger partial charge on any atom is 0.295 e. The Hall–Kier alpha value is -0.507. The molecule has 0 bridgehead atoms. The Morgan fingerprint density at radius 1 is 1.31 bits per heavy atom. The first kappa shape index (κ1) is 12.5. The van der Waals surface area contributed by atoms with Crippen LogP contribution in [-0.4, -0.2) is 13.0 Å². The molecule has 0 aromatic heterocycles. The van der Waals surface area contributed by atoms with Crippen LogP contribution in [0.1, 0.15) is 5.56 Å². The van der Waals surface area contributed by atoms with Crippen molar-refractivity contribution in [3.63, 3.8) is 0 Å². The predicted molar refractivity (Wildman–Crippen MR) is 46.3 cm³/mol. The molecule has 0 spiro atoms. The molecule has 1 N–H and O–H groups in total. The van der Waals surface area contributed by atoms with E-state index < -0.39 is 10.1 Å². The van der Waals surface area contributed by atoms with Crippen LogP contribution >= 0.6 is 0 Å². The van der Waals surface area contributed by atoms with Gasteiger partial charge >= 0.3 is 0 Å². The number of hydrogen-bond acceptors (Lipinski definition) is 2. The molecule has 0 aliphatic carbocycles. The van der Waals surface area contributed by atoms with Gasteiger partial charge in [-0.3, -0.25) is 4.55 Å². The van der Waals surface area contributed by atoms with Gasteiger partial charge in [-0.15, -0.1) is 0 Å². The van der Waals surface area contributed by atoms with Crippen molar-refractivity contribution in [1.29, 1.82) is 0 Å². The van der Waals surface area contributed by atoms with E-state index >= 15 is 0 Å². The average Bonchev–Trinajstić information content (AvgIpc) is 2.03. The van der Waals surface area contributed by atoms with Gasteiger partial charge in [-0.2, -0.15) is 8.42 Å². The summed E-state index contributed by atoms with van der Waals surface area (Å²) in [6.07, 6.45) is 1.38. The monoisotopic (exact) mass is 248 g/mol. The zero-order chi connectivity index (χ0) is 9.19. The molecule has 0 unspecified atom stereocenters. The summed E-state index contributed by atoms with van der Waals surface area (Å²) in [6.45, 7) is 3.43. The molecule has 66 valence electrons. The normalized spacial score (nSPS) is 10.2. The molecule has 0 saturated heterocycles. The smallest absolute Gasteiger partial charge is 0.282 e. The van der Waals surface area contributed by atoms with Crippen LogP contribution in [0.4, 0.5) is 0 Å². The van der Waals surface area contributed by atoms with Crippen LogP contribution in [0.5, 0.6) is 0 Å². The van der Waals surface area contributed by atoms with Crippen LogP contribution in [-0.2, 0) is 29.6 Å². The summed E-state index contributed by atoms with van der Waals surface area (Å²) in [5.74, 6) is 0. The number of hydrogen-bond donors (Lipinski definition) is 1. The van der Waals surface area contributed by atoms with Crippen LogP contribution in [0.15, 0.2) is 35.7 Å². The Balaban J connectivity index is 0.00000144. The van der Waals surface area contributed by atoms with Gasteiger partial charge in [0.1, 0.15) is 4.90 Å². The van der Waals surface area contributed by atoms with E-state index in [-0.39, 0.29) is 24.4 Å². The summed E-state index contributed by atoms with van der Waals surface area (Å²) >= 11 is 0. The number of rotatable bonds is 2. The molecule has 0 atom stereocenters. The average molecular weight is 250 g/mol. The van der Waals surface area contributed by atoms with Gasteiger partial charge in [0.05, 0.1) is 0 Å². The van der Waals surface area contributed by atoms with Crippen molar-refractivity contribution < 1.29 is 32.4 Å². The SMILES string of the molecule is C=Cc1ccccc1S(=O)(=O)O.[Zn]. The van der Waals surface area contributed by atoms with Crippen molar-refractivity contribution in [2.24, 2.45) is 0 Å². The fraction of sp³-hybridized carbons (Fsp3) is 0. The molecule has 0 aliphatic heterocycles. The number of benzene rings is 1. The minimum Gasteiger partial charge on any atom is -0.282 e. The van der Waals surface area contributed by atoms with E-state index in [0.717, 1.165) is 0 Å². The molecule has 0 heterocycles. The van der Waals surface area contributed by atoms with Crippen molar-refractivity contribution in [2.45, 2.75) is 4.90 Å². The van der Waals surface area contributed by atoms with Crippen molar-refractivity contribution in [3.8, 4) is 0 Å². The second kappa shape index (κ2) is 4.65. The zero-order valence-electron chi connectivity index (χ0n) is 6.97. The van der Waals surface area contributed by atoms with Gasteiger partial charge in [0.15, 0.2) is 0 Å². The molecule has 13 heavy (non-hydrogen) atoms. The van der Waals surface area contributed by atoms with Crippen molar-refractivity contribution in [1.82, 2.24) is 0 Å². The molecular formula is C8H8O3SZn. The molecule has 0 fully saturated rings. The van der Waals surface area contributed by atoms with Gasteiger partial charge in [-0.1, -0.05) is 30.9 Å². The van der Waals surface area contributed by atoms with E-state index in [2.05, 4.69) is 6.58 Å². The third kappa shape index (κ3) is 3.03. The van der Waals surface area contributed by atoms with Gasteiger partial charge in [0, 0.05) is 19.5 Å². The van der Waals surface area contributed by atoms with Crippen LogP contribution < -0.4 is 0 Å². The summed E-state index contributed by atoms with van der Waals surface area (Å²) in [5.41, 5.74) is 0.403. The molecular weight excluding hydrogens is 242 g/mol. The summed E-state index contributed by atoms with van der Waals surface area (Å²) in [4.78, 5) is -0.111. The van der Waals surface area contributed by atoms with Gasteiger partial charge in [-0.05, 0) is 11.6 Å². The molecule has 1 rings (SSSR count). The third-order valence-electron chi connectivity index (χ3n) is 1.42. The quantitative estimate of drug-likeness (QED) is 0.639. The minimum atomic E-state index is -4.12. The van der Waals surface area contributed by atoms with Crippen molar-refractivity contribution in [3.05, 3.63) is 36.4 Å². The second-order valence-electron chi connectivity index (χ2n) is 2.22. The van der Waals surface area contributed by atoms with E-state index in [4.69, 9.17) is 4.55 Å².